The van der Waals surface area contributed by atoms with Gasteiger partial charge in [0.15, 0.2) is 0 Å². The van der Waals surface area contributed by atoms with Gasteiger partial charge >= 0.3 is 0 Å². The molecule has 2 aromatic heterocycles. The lowest BCUT2D eigenvalue weighted by Crippen LogP contribution is -1.98. The van der Waals surface area contributed by atoms with Crippen LogP contribution in [-0.4, -0.2) is 14.5 Å². The highest BCUT2D eigenvalue weighted by atomic mass is 19.1. The molecule has 0 saturated heterocycles. The van der Waals surface area contributed by atoms with E-state index in [-0.39, 0.29) is 5.82 Å². The van der Waals surface area contributed by atoms with Crippen molar-refractivity contribution in [2.24, 2.45) is 0 Å². The summed E-state index contributed by atoms with van der Waals surface area (Å²) >= 11 is 0. The maximum absolute atomic E-state index is 13.5. The minimum absolute atomic E-state index is 0.236. The van der Waals surface area contributed by atoms with E-state index in [0.717, 1.165) is 35.3 Å². The lowest BCUT2D eigenvalue weighted by Gasteiger charge is -2.07. The van der Waals surface area contributed by atoms with Gasteiger partial charge in [0, 0.05) is 17.8 Å². The van der Waals surface area contributed by atoms with Gasteiger partial charge in [-0.05, 0) is 43.2 Å². The maximum atomic E-state index is 13.5. The Balaban J connectivity index is 2.01. The van der Waals surface area contributed by atoms with Crippen LogP contribution in [0.1, 0.15) is 18.9 Å². The molecule has 0 unspecified atom stereocenters. The minimum Gasteiger partial charge on any atom is -0.384 e. The molecule has 2 heterocycles. The second kappa shape index (κ2) is 4.03. The molecule has 0 aliphatic heterocycles. The first-order valence-electron chi connectivity index (χ1n) is 6.62. The zero-order valence-corrected chi connectivity index (χ0v) is 10.8. The summed E-state index contributed by atoms with van der Waals surface area (Å²) in [5.41, 5.74) is 8.32. The van der Waals surface area contributed by atoms with E-state index >= 15 is 0 Å². The van der Waals surface area contributed by atoms with Crippen molar-refractivity contribution in [2.45, 2.75) is 18.9 Å². The fourth-order valence-electron chi connectivity index (χ4n) is 2.56. The second-order valence-corrected chi connectivity index (χ2v) is 5.14. The van der Waals surface area contributed by atoms with Crippen LogP contribution < -0.4 is 5.73 Å². The monoisotopic (exact) mass is 268 g/mol. The van der Waals surface area contributed by atoms with Crippen LogP contribution in [0.25, 0.3) is 22.4 Å². The average molecular weight is 268 g/mol. The highest BCUT2D eigenvalue weighted by Gasteiger charge is 2.28. The highest BCUT2D eigenvalue weighted by Crippen LogP contribution is 2.41. The van der Waals surface area contributed by atoms with Gasteiger partial charge in [0.05, 0.1) is 11.0 Å². The Morgan fingerprint density at radius 3 is 2.80 bits per heavy atom. The smallest absolute Gasteiger partial charge is 0.141 e. The van der Waals surface area contributed by atoms with Gasteiger partial charge in [-0.15, -0.1) is 0 Å². The molecule has 0 radical (unpaired) electrons. The van der Waals surface area contributed by atoms with Crippen LogP contribution in [0.4, 0.5) is 10.2 Å². The third kappa shape index (κ3) is 1.74. The molecule has 4 rings (SSSR count). The van der Waals surface area contributed by atoms with Crippen LogP contribution in [0.5, 0.6) is 0 Å². The number of aromatic nitrogens is 3. The first-order chi connectivity index (χ1) is 9.72. The molecule has 0 bridgehead atoms. The van der Waals surface area contributed by atoms with Crippen LogP contribution >= 0.6 is 0 Å². The van der Waals surface area contributed by atoms with E-state index in [9.17, 15) is 4.39 Å². The molecule has 5 heteroatoms. The Bertz CT molecular complexity index is 805. The largest absolute Gasteiger partial charge is 0.384 e. The Labute approximate surface area is 115 Å². The van der Waals surface area contributed by atoms with Crippen LogP contribution in [0.15, 0.2) is 36.5 Å². The number of fused-ring (bicyclic) bond motifs is 1. The Morgan fingerprint density at radius 1 is 1.20 bits per heavy atom. The topological polar surface area (TPSA) is 56.7 Å². The van der Waals surface area contributed by atoms with Crippen molar-refractivity contribution in [3.8, 4) is 11.4 Å². The van der Waals surface area contributed by atoms with E-state index in [1.54, 1.807) is 24.4 Å². The van der Waals surface area contributed by atoms with Gasteiger partial charge in [-0.1, -0.05) is 0 Å². The van der Waals surface area contributed by atoms with Crippen LogP contribution in [0, 0.1) is 5.82 Å². The number of nitrogen functional groups attached to an aromatic ring is 1. The van der Waals surface area contributed by atoms with Gasteiger partial charge in [0.2, 0.25) is 0 Å². The zero-order chi connectivity index (χ0) is 13.7. The normalized spacial score (nSPS) is 14.8. The third-order valence-corrected chi connectivity index (χ3v) is 3.60. The number of halogens is 1. The number of hydrogen-bond donors (Lipinski definition) is 1. The summed E-state index contributed by atoms with van der Waals surface area (Å²) in [7, 11) is 0. The van der Waals surface area contributed by atoms with Gasteiger partial charge < -0.3 is 10.3 Å². The molecular weight excluding hydrogens is 255 g/mol. The summed E-state index contributed by atoms with van der Waals surface area (Å²) in [4.78, 5) is 8.64. The lowest BCUT2D eigenvalue weighted by atomic mass is 10.2. The van der Waals surface area contributed by atoms with Crippen molar-refractivity contribution in [1.29, 1.82) is 0 Å². The van der Waals surface area contributed by atoms with E-state index in [1.165, 1.54) is 6.07 Å². The highest BCUT2D eigenvalue weighted by molar-refractivity contribution is 5.81. The number of pyridine rings is 1. The Hall–Kier alpha value is -2.43. The number of anilines is 1. The first-order valence-corrected chi connectivity index (χ1v) is 6.62. The predicted molar refractivity (Wildman–Crippen MR) is 75.6 cm³/mol. The van der Waals surface area contributed by atoms with Crippen LogP contribution in [0.3, 0.4) is 0 Å². The fraction of sp³-hybridized carbons (Fsp3) is 0.200. The van der Waals surface area contributed by atoms with Gasteiger partial charge in [0.1, 0.15) is 17.5 Å². The van der Waals surface area contributed by atoms with Crippen LogP contribution in [-0.2, 0) is 0 Å². The molecule has 0 atom stereocenters. The van der Waals surface area contributed by atoms with Gasteiger partial charge in [-0.3, -0.25) is 0 Å². The average Bonchev–Trinajstić information content (AvgIpc) is 3.19. The van der Waals surface area contributed by atoms with Crippen molar-refractivity contribution in [3.05, 3.63) is 42.3 Å². The van der Waals surface area contributed by atoms with Crippen molar-refractivity contribution in [2.75, 3.05) is 5.73 Å². The summed E-state index contributed by atoms with van der Waals surface area (Å²) in [6.45, 7) is 0. The van der Waals surface area contributed by atoms with E-state index in [1.807, 2.05) is 6.07 Å². The van der Waals surface area contributed by atoms with Crippen molar-refractivity contribution >= 4 is 16.9 Å². The predicted octanol–water partition coefficient (Wildman–Crippen LogP) is 3.15. The molecule has 1 aliphatic rings. The molecule has 0 amide bonds. The van der Waals surface area contributed by atoms with E-state index in [0.29, 0.717) is 11.9 Å². The Morgan fingerprint density at radius 2 is 2.05 bits per heavy atom. The summed E-state index contributed by atoms with van der Waals surface area (Å²) in [5, 5.41) is 0. The molecular formula is C15H13FN4. The molecule has 2 N–H and O–H groups in total. The SMILES string of the molecule is Nc1cc(-c2nc3ccc(F)cc3n2C2CC2)ccn1. The molecule has 1 fully saturated rings. The zero-order valence-electron chi connectivity index (χ0n) is 10.8. The molecule has 3 aromatic rings. The van der Waals surface area contributed by atoms with E-state index in [2.05, 4.69) is 14.5 Å². The molecule has 1 aliphatic carbocycles. The number of imidazole rings is 1. The number of rotatable bonds is 2. The summed E-state index contributed by atoms with van der Waals surface area (Å²) in [5.74, 6) is 1.06. The molecule has 1 saturated carbocycles. The maximum Gasteiger partial charge on any atom is 0.141 e. The Kier molecular flexibility index (Phi) is 2.30. The molecule has 1 aromatic carbocycles. The summed E-state index contributed by atoms with van der Waals surface area (Å²) < 4.78 is 15.6. The van der Waals surface area contributed by atoms with Gasteiger partial charge in [-0.2, -0.15) is 0 Å². The third-order valence-electron chi connectivity index (χ3n) is 3.60. The fourth-order valence-corrected chi connectivity index (χ4v) is 2.56. The number of hydrogen-bond acceptors (Lipinski definition) is 3. The van der Waals surface area contributed by atoms with Crippen molar-refractivity contribution in [1.82, 2.24) is 14.5 Å². The van der Waals surface area contributed by atoms with E-state index < -0.39 is 0 Å². The molecule has 20 heavy (non-hydrogen) atoms. The number of nitrogens with two attached hydrogens (primary N) is 1. The molecule has 4 nitrogen and oxygen atoms in total. The summed E-state index contributed by atoms with van der Waals surface area (Å²) in [6, 6.07) is 8.80. The van der Waals surface area contributed by atoms with Crippen LogP contribution in [0.2, 0.25) is 0 Å². The van der Waals surface area contributed by atoms with Crippen molar-refractivity contribution < 1.29 is 4.39 Å². The first kappa shape index (κ1) is 11.4. The molecule has 100 valence electrons. The summed E-state index contributed by atoms with van der Waals surface area (Å²) in [6.07, 6.45) is 3.88. The van der Waals surface area contributed by atoms with Crippen molar-refractivity contribution in [3.63, 3.8) is 0 Å². The number of benzene rings is 1. The van der Waals surface area contributed by atoms with E-state index in [4.69, 9.17) is 5.73 Å². The standard InChI is InChI=1S/C15H13FN4/c16-10-1-4-12-13(8-10)20(11-2-3-11)15(19-12)9-5-6-18-14(17)7-9/h1,4-8,11H,2-3H2,(H2,17,18). The van der Waals surface area contributed by atoms with Gasteiger partial charge in [0.25, 0.3) is 0 Å². The quantitative estimate of drug-likeness (QED) is 0.776. The molecule has 0 spiro atoms. The lowest BCUT2D eigenvalue weighted by molar-refractivity contribution is 0.628. The van der Waals surface area contributed by atoms with Gasteiger partial charge in [-0.25, -0.2) is 14.4 Å². The minimum atomic E-state index is -0.236. The second-order valence-electron chi connectivity index (χ2n) is 5.14. The number of nitrogens with zero attached hydrogens (tertiary/aromatic N) is 3.